The van der Waals surface area contributed by atoms with Crippen LogP contribution in [0.3, 0.4) is 0 Å². The Hall–Kier alpha value is -1.85. The third-order valence-corrected chi connectivity index (χ3v) is 2.18. The molecule has 6 heteroatoms. The number of rotatable bonds is 3. The van der Waals surface area contributed by atoms with Crippen molar-refractivity contribution in [3.05, 3.63) is 35.1 Å². The summed E-state index contributed by atoms with van der Waals surface area (Å²) in [5.74, 6) is -7.33. The van der Waals surface area contributed by atoms with Crippen LogP contribution in [0, 0.1) is 17.5 Å². The first-order chi connectivity index (χ1) is 7.88. The van der Waals surface area contributed by atoms with Gasteiger partial charge in [-0.2, -0.15) is 0 Å². The number of Topliss-reactive ketones (excluding diaryl/α,β-unsaturated/α-hetero) is 1. The molecule has 92 valence electrons. The van der Waals surface area contributed by atoms with Gasteiger partial charge in [-0.3, -0.25) is 9.59 Å². The molecule has 0 N–H and O–H groups in total. The zero-order chi connectivity index (χ0) is 13.2. The normalized spacial score (nSPS) is 12.1. The third kappa shape index (κ3) is 2.64. The molecule has 0 bridgehead atoms. The molecule has 0 spiro atoms. The van der Waals surface area contributed by atoms with Crippen LogP contribution in [0.5, 0.6) is 0 Å². The van der Waals surface area contributed by atoms with Crippen LogP contribution in [0.15, 0.2) is 12.1 Å². The molecule has 0 fully saturated rings. The molecule has 1 rings (SSSR count). The highest BCUT2D eigenvalue weighted by Crippen LogP contribution is 2.25. The lowest BCUT2D eigenvalue weighted by Gasteiger charge is -2.13. The van der Waals surface area contributed by atoms with Crippen LogP contribution < -0.4 is 0 Å². The van der Waals surface area contributed by atoms with Crippen molar-refractivity contribution in [1.29, 1.82) is 0 Å². The molecule has 1 aromatic carbocycles. The molecule has 0 amide bonds. The molecule has 0 aromatic heterocycles. The van der Waals surface area contributed by atoms with Crippen LogP contribution in [-0.2, 0) is 14.3 Å². The first-order valence-electron chi connectivity index (χ1n) is 4.61. The predicted molar refractivity (Wildman–Crippen MR) is 51.8 cm³/mol. The van der Waals surface area contributed by atoms with E-state index in [-0.39, 0.29) is 0 Å². The number of halogens is 3. The Morgan fingerprint density at radius 2 is 1.65 bits per heavy atom. The zero-order valence-corrected chi connectivity index (χ0v) is 9.09. The number of benzene rings is 1. The summed E-state index contributed by atoms with van der Waals surface area (Å²) in [5.41, 5.74) is -0.800. The molecule has 0 radical (unpaired) electrons. The van der Waals surface area contributed by atoms with Crippen molar-refractivity contribution in [2.24, 2.45) is 0 Å². The van der Waals surface area contributed by atoms with Crippen LogP contribution >= 0.6 is 0 Å². The minimum atomic E-state index is -1.72. The van der Waals surface area contributed by atoms with Gasteiger partial charge >= 0.3 is 5.97 Å². The summed E-state index contributed by atoms with van der Waals surface area (Å²) in [6, 6.07) is 0.800. The second-order valence-corrected chi connectivity index (χ2v) is 3.35. The van der Waals surface area contributed by atoms with Gasteiger partial charge in [0.25, 0.3) is 0 Å². The first kappa shape index (κ1) is 13.2. The Labute approximate surface area is 95.2 Å². The van der Waals surface area contributed by atoms with Gasteiger partial charge in [-0.15, -0.1) is 0 Å². The SMILES string of the molecule is COC(=O)C(C(C)=O)c1c(F)cc(F)cc1F. The Morgan fingerprint density at radius 1 is 1.18 bits per heavy atom. The summed E-state index contributed by atoms with van der Waals surface area (Å²) in [5, 5.41) is 0. The van der Waals surface area contributed by atoms with Crippen molar-refractivity contribution >= 4 is 11.8 Å². The van der Waals surface area contributed by atoms with E-state index in [1.165, 1.54) is 0 Å². The van der Waals surface area contributed by atoms with E-state index in [9.17, 15) is 22.8 Å². The van der Waals surface area contributed by atoms with Crippen LogP contribution in [0.25, 0.3) is 0 Å². The molecule has 17 heavy (non-hydrogen) atoms. The standard InChI is InChI=1S/C11H9F3O3/c1-5(15)9(11(16)17-2)10-7(13)3-6(12)4-8(10)14/h3-4,9H,1-2H3. The monoisotopic (exact) mass is 246 g/mol. The van der Waals surface area contributed by atoms with Crippen molar-refractivity contribution < 1.29 is 27.5 Å². The molecule has 1 atom stereocenters. The highest BCUT2D eigenvalue weighted by atomic mass is 19.1. The summed E-state index contributed by atoms with van der Waals surface area (Å²) >= 11 is 0. The van der Waals surface area contributed by atoms with Crippen molar-refractivity contribution in [3.8, 4) is 0 Å². The van der Waals surface area contributed by atoms with Gasteiger partial charge in [-0.05, 0) is 6.92 Å². The zero-order valence-electron chi connectivity index (χ0n) is 9.09. The Morgan fingerprint density at radius 3 is 2.00 bits per heavy atom. The van der Waals surface area contributed by atoms with Gasteiger partial charge in [0.05, 0.1) is 7.11 Å². The topological polar surface area (TPSA) is 43.4 Å². The third-order valence-electron chi connectivity index (χ3n) is 2.18. The summed E-state index contributed by atoms with van der Waals surface area (Å²) in [7, 11) is 0.984. The fraction of sp³-hybridized carbons (Fsp3) is 0.273. The second kappa shape index (κ2) is 4.99. The molecule has 0 heterocycles. The van der Waals surface area contributed by atoms with E-state index in [2.05, 4.69) is 4.74 Å². The smallest absolute Gasteiger partial charge is 0.320 e. The lowest BCUT2D eigenvalue weighted by atomic mass is 9.94. The van der Waals surface area contributed by atoms with Crippen molar-refractivity contribution in [3.63, 3.8) is 0 Å². The van der Waals surface area contributed by atoms with Gasteiger partial charge in [0.2, 0.25) is 0 Å². The van der Waals surface area contributed by atoms with Crippen molar-refractivity contribution in [2.75, 3.05) is 7.11 Å². The van der Waals surface area contributed by atoms with E-state index in [1.54, 1.807) is 0 Å². The molecule has 0 aliphatic heterocycles. The number of methoxy groups -OCH3 is 1. The van der Waals surface area contributed by atoms with Crippen LogP contribution in [-0.4, -0.2) is 18.9 Å². The molecule has 1 unspecified atom stereocenters. The van der Waals surface area contributed by atoms with Crippen LogP contribution in [0.2, 0.25) is 0 Å². The van der Waals surface area contributed by atoms with Gasteiger partial charge in [0.15, 0.2) is 0 Å². The molecule has 0 saturated carbocycles. The van der Waals surface area contributed by atoms with Crippen LogP contribution in [0.4, 0.5) is 13.2 Å². The number of hydrogen-bond acceptors (Lipinski definition) is 3. The summed E-state index contributed by atoms with van der Waals surface area (Å²) in [6.07, 6.45) is 0. The quantitative estimate of drug-likeness (QED) is 0.604. The summed E-state index contributed by atoms with van der Waals surface area (Å²) < 4.78 is 43.7. The predicted octanol–water partition coefficient (Wildman–Crippen LogP) is 1.95. The molecule has 3 nitrogen and oxygen atoms in total. The van der Waals surface area contributed by atoms with E-state index in [0.29, 0.717) is 12.1 Å². The van der Waals surface area contributed by atoms with Crippen LogP contribution in [0.1, 0.15) is 18.4 Å². The summed E-state index contributed by atoms with van der Waals surface area (Å²) in [6.45, 7) is 0.990. The lowest BCUT2D eigenvalue weighted by molar-refractivity contribution is -0.145. The largest absolute Gasteiger partial charge is 0.468 e. The van der Waals surface area contributed by atoms with Gasteiger partial charge in [-0.25, -0.2) is 13.2 Å². The molecular formula is C11H9F3O3. The number of ether oxygens (including phenoxy) is 1. The van der Waals surface area contributed by atoms with E-state index in [4.69, 9.17) is 0 Å². The Balaban J connectivity index is 3.38. The van der Waals surface area contributed by atoms with E-state index < -0.39 is 40.7 Å². The van der Waals surface area contributed by atoms with E-state index >= 15 is 0 Å². The number of carbonyl (C=O) groups is 2. The maximum Gasteiger partial charge on any atom is 0.320 e. The molecule has 1 aromatic rings. The van der Waals surface area contributed by atoms with E-state index in [1.807, 2.05) is 0 Å². The lowest BCUT2D eigenvalue weighted by Crippen LogP contribution is -2.23. The number of hydrogen-bond donors (Lipinski definition) is 0. The maximum atomic E-state index is 13.4. The average molecular weight is 246 g/mol. The number of esters is 1. The minimum absolute atomic E-state index is 0.400. The van der Waals surface area contributed by atoms with Crippen molar-refractivity contribution in [1.82, 2.24) is 0 Å². The molecule has 0 aliphatic rings. The highest BCUT2D eigenvalue weighted by molar-refractivity contribution is 6.03. The molecule has 0 aliphatic carbocycles. The molecule has 0 saturated heterocycles. The van der Waals surface area contributed by atoms with Gasteiger partial charge < -0.3 is 4.74 Å². The average Bonchev–Trinajstić information content (AvgIpc) is 2.21. The number of ketones is 1. The number of carbonyl (C=O) groups excluding carboxylic acids is 2. The molecular weight excluding hydrogens is 237 g/mol. The van der Waals surface area contributed by atoms with Gasteiger partial charge in [0.1, 0.15) is 29.2 Å². The first-order valence-corrected chi connectivity index (χ1v) is 4.61. The van der Waals surface area contributed by atoms with Gasteiger partial charge in [0, 0.05) is 17.7 Å². The Kier molecular flexibility index (Phi) is 3.88. The minimum Gasteiger partial charge on any atom is -0.468 e. The fourth-order valence-corrected chi connectivity index (χ4v) is 1.43. The highest BCUT2D eigenvalue weighted by Gasteiger charge is 2.32. The second-order valence-electron chi connectivity index (χ2n) is 3.35. The van der Waals surface area contributed by atoms with Crippen molar-refractivity contribution in [2.45, 2.75) is 12.8 Å². The summed E-state index contributed by atoms with van der Waals surface area (Å²) in [4.78, 5) is 22.5. The Bertz CT molecular complexity index is 448. The maximum absolute atomic E-state index is 13.4. The fourth-order valence-electron chi connectivity index (χ4n) is 1.43. The van der Waals surface area contributed by atoms with Gasteiger partial charge in [-0.1, -0.05) is 0 Å². The van der Waals surface area contributed by atoms with E-state index in [0.717, 1.165) is 14.0 Å².